The van der Waals surface area contributed by atoms with Crippen molar-refractivity contribution in [1.82, 2.24) is 0 Å². The van der Waals surface area contributed by atoms with Crippen molar-refractivity contribution in [2.24, 2.45) is 0 Å². The fraction of sp³-hybridized carbons (Fsp3) is 1.00. The molecule has 0 amide bonds. The van der Waals surface area contributed by atoms with Crippen molar-refractivity contribution >= 4 is 15.0 Å². The van der Waals surface area contributed by atoms with Crippen LogP contribution in [0.15, 0.2) is 0 Å². The predicted molar refractivity (Wildman–Crippen MR) is 36.3 cm³/mol. The molecule has 0 bridgehead atoms. The fourth-order valence-electron chi connectivity index (χ4n) is 0.355. The number of alkyl halides is 3. The van der Waals surface area contributed by atoms with Crippen molar-refractivity contribution in [3.63, 3.8) is 0 Å². The van der Waals surface area contributed by atoms with Gasteiger partial charge in [-0.15, -0.1) is 0 Å². The third kappa shape index (κ3) is 6.43. The third-order valence-corrected chi connectivity index (χ3v) is 4.04. The Morgan fingerprint density at radius 1 is 1.40 bits per heavy atom. The van der Waals surface area contributed by atoms with Crippen LogP contribution in [0.25, 0.3) is 0 Å². The molecule has 0 heterocycles. The minimum absolute atomic E-state index is 0.257. The molecule has 0 nitrogen and oxygen atoms in total. The third-order valence-electron chi connectivity index (χ3n) is 1.11. The zero-order chi connectivity index (χ0) is 8.20. The molecular formula is C6H11F3Se. The quantitative estimate of drug-likeness (QED) is 0.640. The van der Waals surface area contributed by atoms with E-state index in [2.05, 4.69) is 0 Å². The van der Waals surface area contributed by atoms with Crippen LogP contribution in [0.2, 0.25) is 10.1 Å². The average molecular weight is 219 g/mol. The van der Waals surface area contributed by atoms with Gasteiger partial charge in [0.2, 0.25) is 0 Å². The van der Waals surface area contributed by atoms with Crippen molar-refractivity contribution in [2.45, 2.75) is 36.6 Å². The molecule has 0 saturated carbocycles. The molecule has 0 aromatic rings. The Hall–Kier alpha value is 0.309. The van der Waals surface area contributed by atoms with Crippen LogP contribution in [0.5, 0.6) is 0 Å². The van der Waals surface area contributed by atoms with Gasteiger partial charge in [-0.25, -0.2) is 0 Å². The SMILES string of the molecule is CCC(C)[Se]CC(F)(F)F. The Labute approximate surface area is 65.3 Å². The van der Waals surface area contributed by atoms with Gasteiger partial charge in [-0.2, -0.15) is 0 Å². The molecule has 62 valence electrons. The van der Waals surface area contributed by atoms with Gasteiger partial charge in [0.25, 0.3) is 0 Å². The summed E-state index contributed by atoms with van der Waals surface area (Å²) in [5.74, 6) is 0. The van der Waals surface area contributed by atoms with Crippen molar-refractivity contribution in [2.75, 3.05) is 0 Å². The van der Waals surface area contributed by atoms with Gasteiger partial charge < -0.3 is 0 Å². The Morgan fingerprint density at radius 2 is 1.90 bits per heavy atom. The van der Waals surface area contributed by atoms with E-state index in [0.717, 1.165) is 6.42 Å². The molecule has 0 aliphatic rings. The van der Waals surface area contributed by atoms with E-state index in [1.54, 1.807) is 0 Å². The maximum absolute atomic E-state index is 11.6. The number of rotatable bonds is 3. The molecule has 0 aromatic heterocycles. The Balaban J connectivity index is 3.36. The van der Waals surface area contributed by atoms with Crippen molar-refractivity contribution in [1.29, 1.82) is 0 Å². The zero-order valence-electron chi connectivity index (χ0n) is 6.03. The van der Waals surface area contributed by atoms with Gasteiger partial charge in [-0.1, -0.05) is 0 Å². The first-order valence-corrected chi connectivity index (χ1v) is 5.34. The van der Waals surface area contributed by atoms with Gasteiger partial charge in [-0.3, -0.25) is 0 Å². The van der Waals surface area contributed by atoms with E-state index in [1.165, 1.54) is 0 Å². The van der Waals surface area contributed by atoms with E-state index < -0.39 is 11.5 Å². The first-order valence-electron chi connectivity index (χ1n) is 3.14. The van der Waals surface area contributed by atoms with E-state index in [-0.39, 0.29) is 19.8 Å². The summed E-state index contributed by atoms with van der Waals surface area (Å²) < 4.78 is 34.7. The summed E-state index contributed by atoms with van der Waals surface area (Å²) in [5.41, 5.74) is 0. The average Bonchev–Trinajstić information content (AvgIpc) is 1.81. The molecule has 10 heavy (non-hydrogen) atoms. The zero-order valence-corrected chi connectivity index (χ0v) is 7.75. The Morgan fingerprint density at radius 3 is 2.20 bits per heavy atom. The number of hydrogen-bond donors (Lipinski definition) is 0. The second-order valence-corrected chi connectivity index (χ2v) is 5.14. The molecule has 1 atom stereocenters. The van der Waals surface area contributed by atoms with E-state index in [9.17, 15) is 13.2 Å². The summed E-state index contributed by atoms with van der Waals surface area (Å²) in [5, 5.41) is -0.574. The molecular weight excluding hydrogens is 208 g/mol. The molecule has 0 radical (unpaired) electrons. The predicted octanol–water partition coefficient (Wildman–Crippen LogP) is 2.89. The van der Waals surface area contributed by atoms with Crippen LogP contribution >= 0.6 is 0 Å². The molecule has 0 rings (SSSR count). The molecule has 0 fully saturated rings. The van der Waals surface area contributed by atoms with Crippen molar-refractivity contribution in [3.05, 3.63) is 0 Å². The van der Waals surface area contributed by atoms with Gasteiger partial charge >= 0.3 is 64.7 Å². The van der Waals surface area contributed by atoms with Crippen LogP contribution in [0.4, 0.5) is 13.2 Å². The molecule has 0 saturated heterocycles. The van der Waals surface area contributed by atoms with Crippen LogP contribution in [0.3, 0.4) is 0 Å². The van der Waals surface area contributed by atoms with Crippen LogP contribution < -0.4 is 0 Å². The van der Waals surface area contributed by atoms with Gasteiger partial charge in [0, 0.05) is 0 Å². The molecule has 4 heteroatoms. The summed E-state index contributed by atoms with van der Waals surface area (Å²) in [6, 6.07) is 0. The first kappa shape index (κ1) is 10.3. The molecule has 0 aromatic carbocycles. The number of halogens is 3. The summed E-state index contributed by atoms with van der Waals surface area (Å²) in [4.78, 5) is 0.258. The van der Waals surface area contributed by atoms with E-state index in [0.29, 0.717) is 0 Å². The minimum atomic E-state index is -3.94. The van der Waals surface area contributed by atoms with Gasteiger partial charge in [0.05, 0.1) is 0 Å². The fourth-order valence-corrected chi connectivity index (χ4v) is 1.84. The molecule has 0 spiro atoms. The number of hydrogen-bond acceptors (Lipinski definition) is 0. The van der Waals surface area contributed by atoms with E-state index in [1.807, 2.05) is 13.8 Å². The van der Waals surface area contributed by atoms with Crippen molar-refractivity contribution < 1.29 is 13.2 Å². The monoisotopic (exact) mass is 220 g/mol. The maximum atomic E-state index is 11.6. The summed E-state index contributed by atoms with van der Waals surface area (Å²) >= 11 is -0.257. The summed E-state index contributed by atoms with van der Waals surface area (Å²) in [6.07, 6.45) is -3.08. The first-order chi connectivity index (χ1) is 4.45. The standard InChI is InChI=1S/C6H11F3Se/c1-3-5(2)10-4-6(7,8)9/h5H,3-4H2,1-2H3. The van der Waals surface area contributed by atoms with E-state index >= 15 is 0 Å². The van der Waals surface area contributed by atoms with Gasteiger partial charge in [-0.05, 0) is 0 Å². The van der Waals surface area contributed by atoms with Crippen LogP contribution in [0, 0.1) is 0 Å². The van der Waals surface area contributed by atoms with Crippen LogP contribution in [-0.2, 0) is 0 Å². The molecule has 0 N–H and O–H groups in total. The summed E-state index contributed by atoms with van der Waals surface area (Å²) in [6.45, 7) is 3.79. The van der Waals surface area contributed by atoms with Gasteiger partial charge in [0.15, 0.2) is 0 Å². The normalized spacial score (nSPS) is 15.3. The molecule has 0 aliphatic heterocycles. The van der Waals surface area contributed by atoms with E-state index in [4.69, 9.17) is 0 Å². The van der Waals surface area contributed by atoms with Crippen molar-refractivity contribution in [3.8, 4) is 0 Å². The Bertz CT molecular complexity index is 89.5. The second-order valence-electron chi connectivity index (χ2n) is 2.15. The second kappa shape index (κ2) is 4.24. The Kier molecular flexibility index (Phi) is 4.37. The van der Waals surface area contributed by atoms with Gasteiger partial charge in [0.1, 0.15) is 0 Å². The topological polar surface area (TPSA) is 0 Å². The molecule has 0 aliphatic carbocycles. The summed E-state index contributed by atoms with van der Waals surface area (Å²) in [7, 11) is 0. The van der Waals surface area contributed by atoms with Crippen LogP contribution in [0.1, 0.15) is 20.3 Å². The van der Waals surface area contributed by atoms with Crippen LogP contribution in [-0.4, -0.2) is 21.1 Å². The molecule has 1 unspecified atom stereocenters.